The smallest absolute Gasteiger partial charge is 0.287 e. The summed E-state index contributed by atoms with van der Waals surface area (Å²) in [5.41, 5.74) is 0.941. The van der Waals surface area contributed by atoms with E-state index in [1.54, 1.807) is 43.5 Å². The van der Waals surface area contributed by atoms with E-state index in [2.05, 4.69) is 5.32 Å². The van der Waals surface area contributed by atoms with Gasteiger partial charge in [-0.25, -0.2) is 0 Å². The molecule has 0 spiro atoms. The zero-order valence-corrected chi connectivity index (χ0v) is 16.2. The molecule has 1 aromatic heterocycles. The lowest BCUT2D eigenvalue weighted by Crippen LogP contribution is -2.22. The fourth-order valence-corrected chi connectivity index (χ4v) is 3.91. The van der Waals surface area contributed by atoms with Crippen molar-refractivity contribution >= 4 is 28.3 Å². The maximum atomic E-state index is 12.4. The molecule has 3 aromatic rings. The van der Waals surface area contributed by atoms with Gasteiger partial charge in [0, 0.05) is 6.54 Å². The number of nitrogens with one attached hydrogen (secondary N) is 1. The molecule has 0 saturated heterocycles. The average molecular weight is 404 g/mol. The summed E-state index contributed by atoms with van der Waals surface area (Å²) in [6.45, 7) is 0.365. The van der Waals surface area contributed by atoms with Gasteiger partial charge in [0.1, 0.15) is 11.5 Å². The third kappa shape index (κ3) is 4.99. The summed E-state index contributed by atoms with van der Waals surface area (Å²) in [5, 5.41) is 3.23. The summed E-state index contributed by atoms with van der Waals surface area (Å²) in [7, 11) is 0.249. The molecule has 0 unspecified atom stereocenters. The second-order valence-corrected chi connectivity index (χ2v) is 7.54. The minimum absolute atomic E-state index is 0.148. The molecule has 1 heterocycles. The minimum Gasteiger partial charge on any atom is -0.497 e. The molecule has 0 aliphatic carbocycles. The van der Waals surface area contributed by atoms with Gasteiger partial charge in [-0.2, -0.15) is 0 Å². The van der Waals surface area contributed by atoms with Crippen LogP contribution in [0.25, 0.3) is 0 Å². The fraction of sp³-hybridized carbons (Fsp3) is 0.150. The van der Waals surface area contributed by atoms with E-state index >= 15 is 0 Å². The predicted octanol–water partition coefficient (Wildman–Crippen LogP) is 4.18. The molecule has 0 radical (unpaired) electrons. The highest BCUT2D eigenvalue weighted by Crippen LogP contribution is 2.22. The molecule has 5 nitrogen and oxygen atoms in total. The molecule has 1 N–H and O–H groups in total. The molecular weight excluding hydrogens is 386 g/mol. The van der Waals surface area contributed by atoms with Crippen molar-refractivity contribution in [3.63, 3.8) is 0 Å². The van der Waals surface area contributed by atoms with E-state index in [-0.39, 0.29) is 17.4 Å². The summed E-state index contributed by atoms with van der Waals surface area (Å²) in [5.74, 6) is 1.21. The molecule has 0 bridgehead atoms. The molecule has 1 atom stereocenters. The van der Waals surface area contributed by atoms with Crippen LogP contribution in [-0.2, 0) is 23.1 Å². The van der Waals surface area contributed by atoms with Gasteiger partial charge in [-0.3, -0.25) is 9.00 Å². The maximum Gasteiger partial charge on any atom is 0.287 e. The molecule has 0 aliphatic rings. The molecule has 2 aromatic carbocycles. The van der Waals surface area contributed by atoms with E-state index < -0.39 is 10.8 Å². The Balaban J connectivity index is 1.58. The highest BCUT2D eigenvalue weighted by Gasteiger charge is 2.15. The van der Waals surface area contributed by atoms with Crippen LogP contribution in [0, 0.1) is 0 Å². The molecule has 140 valence electrons. The molecule has 7 heteroatoms. The van der Waals surface area contributed by atoms with Crippen molar-refractivity contribution in [3.8, 4) is 5.75 Å². The van der Waals surface area contributed by atoms with E-state index in [4.69, 9.17) is 20.8 Å². The van der Waals surface area contributed by atoms with Gasteiger partial charge in [-0.15, -0.1) is 0 Å². The van der Waals surface area contributed by atoms with Crippen LogP contribution in [0.4, 0.5) is 0 Å². The number of ether oxygens (including phenoxy) is 1. The number of rotatable bonds is 7. The Kier molecular flexibility index (Phi) is 6.32. The quantitative estimate of drug-likeness (QED) is 0.642. The van der Waals surface area contributed by atoms with E-state index in [0.717, 1.165) is 11.3 Å². The van der Waals surface area contributed by atoms with Crippen LogP contribution >= 0.6 is 11.6 Å². The van der Waals surface area contributed by atoms with E-state index in [0.29, 0.717) is 22.2 Å². The van der Waals surface area contributed by atoms with Crippen LogP contribution < -0.4 is 10.1 Å². The largest absolute Gasteiger partial charge is 0.497 e. The maximum absolute atomic E-state index is 12.4. The Morgan fingerprint density at radius 2 is 1.85 bits per heavy atom. The number of benzene rings is 2. The summed E-state index contributed by atoms with van der Waals surface area (Å²) in [6, 6.07) is 17.6. The summed E-state index contributed by atoms with van der Waals surface area (Å²) in [6.07, 6.45) is 0. The molecule has 1 amide bonds. The SMILES string of the molecule is COc1ccc(CNC(=O)c2ccc(C[S@](=O)c3ccccc3Cl)o2)cc1. The van der Waals surface area contributed by atoms with E-state index in [9.17, 15) is 9.00 Å². The zero-order valence-electron chi connectivity index (χ0n) is 14.6. The highest BCUT2D eigenvalue weighted by molar-refractivity contribution is 7.84. The Bertz CT molecular complexity index is 953. The number of amides is 1. The Morgan fingerprint density at radius 3 is 2.56 bits per heavy atom. The van der Waals surface area contributed by atoms with Crippen LogP contribution in [-0.4, -0.2) is 17.2 Å². The second kappa shape index (κ2) is 8.88. The van der Waals surface area contributed by atoms with Gasteiger partial charge in [0.25, 0.3) is 5.91 Å². The molecule has 0 aliphatic heterocycles. The molecule has 3 rings (SSSR count). The number of carbonyl (C=O) groups is 1. The monoisotopic (exact) mass is 403 g/mol. The van der Waals surface area contributed by atoms with E-state index in [1.165, 1.54) is 0 Å². The number of carbonyl (C=O) groups excluding carboxylic acids is 1. The minimum atomic E-state index is -1.35. The van der Waals surface area contributed by atoms with E-state index in [1.807, 2.05) is 24.3 Å². The van der Waals surface area contributed by atoms with Crippen LogP contribution in [0.5, 0.6) is 5.75 Å². The molecule has 0 saturated carbocycles. The third-order valence-electron chi connectivity index (χ3n) is 3.85. The predicted molar refractivity (Wildman–Crippen MR) is 104 cm³/mol. The van der Waals surface area contributed by atoms with Gasteiger partial charge in [-0.05, 0) is 42.0 Å². The lowest BCUT2D eigenvalue weighted by molar-refractivity contribution is 0.0921. The second-order valence-electron chi connectivity index (χ2n) is 5.72. The average Bonchev–Trinajstić information content (AvgIpc) is 3.15. The van der Waals surface area contributed by atoms with Gasteiger partial charge in [0.2, 0.25) is 0 Å². The van der Waals surface area contributed by atoms with Crippen molar-refractivity contribution in [3.05, 3.63) is 82.8 Å². The van der Waals surface area contributed by atoms with Gasteiger partial charge in [0.15, 0.2) is 5.76 Å². The lowest BCUT2D eigenvalue weighted by Gasteiger charge is -2.05. The number of furan rings is 1. The van der Waals surface area contributed by atoms with Crippen molar-refractivity contribution in [2.24, 2.45) is 0 Å². The van der Waals surface area contributed by atoms with Gasteiger partial charge < -0.3 is 14.5 Å². The number of hydrogen-bond acceptors (Lipinski definition) is 4. The van der Waals surface area contributed by atoms with Crippen molar-refractivity contribution in [2.75, 3.05) is 7.11 Å². The van der Waals surface area contributed by atoms with Crippen molar-refractivity contribution in [1.82, 2.24) is 5.32 Å². The molecule has 27 heavy (non-hydrogen) atoms. The van der Waals surface area contributed by atoms with Crippen LogP contribution in [0.15, 0.2) is 70.0 Å². The van der Waals surface area contributed by atoms with Gasteiger partial charge in [0.05, 0.1) is 33.6 Å². The molecular formula is C20H18ClNO4S. The first-order valence-corrected chi connectivity index (χ1v) is 9.89. The van der Waals surface area contributed by atoms with Gasteiger partial charge in [-0.1, -0.05) is 35.9 Å². The topological polar surface area (TPSA) is 68.5 Å². The third-order valence-corrected chi connectivity index (χ3v) is 5.69. The number of methoxy groups -OCH3 is 1. The summed E-state index contributed by atoms with van der Waals surface area (Å²) < 4.78 is 23.1. The zero-order chi connectivity index (χ0) is 19.2. The van der Waals surface area contributed by atoms with Crippen molar-refractivity contribution in [1.29, 1.82) is 0 Å². The Hall–Kier alpha value is -2.57. The lowest BCUT2D eigenvalue weighted by atomic mass is 10.2. The normalized spacial score (nSPS) is 11.8. The first-order valence-electron chi connectivity index (χ1n) is 8.19. The number of halogens is 1. The Morgan fingerprint density at radius 1 is 1.11 bits per heavy atom. The summed E-state index contributed by atoms with van der Waals surface area (Å²) in [4.78, 5) is 12.8. The van der Waals surface area contributed by atoms with Crippen molar-refractivity contribution < 1.29 is 18.2 Å². The van der Waals surface area contributed by atoms with Crippen LogP contribution in [0.1, 0.15) is 21.9 Å². The summed E-state index contributed by atoms with van der Waals surface area (Å²) >= 11 is 6.06. The van der Waals surface area contributed by atoms with Crippen LogP contribution in [0.3, 0.4) is 0 Å². The Labute approximate surface area is 164 Å². The highest BCUT2D eigenvalue weighted by atomic mass is 35.5. The number of hydrogen-bond donors (Lipinski definition) is 1. The van der Waals surface area contributed by atoms with Gasteiger partial charge >= 0.3 is 0 Å². The first-order chi connectivity index (χ1) is 13.1. The van der Waals surface area contributed by atoms with Crippen molar-refractivity contribution in [2.45, 2.75) is 17.2 Å². The molecule has 0 fully saturated rings. The first kappa shape index (κ1) is 19.2. The van der Waals surface area contributed by atoms with Crippen LogP contribution in [0.2, 0.25) is 5.02 Å². The fourth-order valence-electron chi connectivity index (χ4n) is 2.43. The standard InChI is InChI=1S/C20H18ClNO4S/c1-25-15-8-6-14(7-9-15)12-22-20(23)18-11-10-16(26-18)13-27(24)19-5-3-2-4-17(19)21/h2-11H,12-13H2,1H3,(H,22,23)/t27-/m0/s1.